The number of carbonyl (C=O) groups excluding carboxylic acids is 1. The van der Waals surface area contributed by atoms with Crippen LogP contribution < -0.4 is 5.73 Å². The number of anilines is 1. The quantitative estimate of drug-likeness (QED) is 0.662. The highest BCUT2D eigenvalue weighted by Gasteiger charge is 2.33. The van der Waals surface area contributed by atoms with E-state index in [9.17, 15) is 13.2 Å². The first-order valence-corrected chi connectivity index (χ1v) is 7.98. The summed E-state index contributed by atoms with van der Waals surface area (Å²) in [5.41, 5.74) is 5.51. The van der Waals surface area contributed by atoms with Gasteiger partial charge in [-0.15, -0.1) is 0 Å². The average Bonchev–Trinajstić information content (AvgIpc) is 2.44. The molecule has 2 N–H and O–H groups in total. The third kappa shape index (κ3) is 3.36. The van der Waals surface area contributed by atoms with Crippen LogP contribution in [0.15, 0.2) is 23.1 Å². The molecule has 0 amide bonds. The molecular weight excluding hydrogens is 292 g/mol. The molecule has 1 aromatic rings. The Labute approximate surface area is 125 Å². The Morgan fingerprint density at radius 3 is 2.38 bits per heavy atom. The van der Waals surface area contributed by atoms with Crippen LogP contribution >= 0.6 is 0 Å². The number of nitrogens with zero attached hydrogens (tertiary/aromatic N) is 1. The summed E-state index contributed by atoms with van der Waals surface area (Å²) in [7, 11) is -0.961. The van der Waals surface area contributed by atoms with Gasteiger partial charge in [-0.05, 0) is 38.5 Å². The zero-order chi connectivity index (χ0) is 16.4. The number of carbonyl (C=O) groups is 1. The highest BCUT2D eigenvalue weighted by Crippen LogP contribution is 2.29. The normalized spacial score (nSPS) is 12.5. The number of nitrogens with two attached hydrogens (primary N) is 1. The lowest BCUT2D eigenvalue weighted by Gasteiger charge is -2.34. The molecule has 0 aliphatic heterocycles. The largest absolute Gasteiger partial charge is 0.465 e. The van der Waals surface area contributed by atoms with Gasteiger partial charge in [0, 0.05) is 12.6 Å². The summed E-state index contributed by atoms with van der Waals surface area (Å²) in [6.07, 6.45) is 0.656. The van der Waals surface area contributed by atoms with Gasteiger partial charge in [0.05, 0.1) is 18.4 Å². The highest BCUT2D eigenvalue weighted by atomic mass is 32.2. The Morgan fingerprint density at radius 1 is 1.38 bits per heavy atom. The summed E-state index contributed by atoms with van der Waals surface area (Å²) < 4.78 is 31.2. The fraction of sp³-hybridized carbons (Fsp3) is 0.500. The minimum absolute atomic E-state index is 0.0146. The lowest BCUT2D eigenvalue weighted by atomic mass is 10.0. The molecule has 0 unspecified atom stereocenters. The number of hydrogen-bond donors (Lipinski definition) is 1. The molecule has 1 aromatic carbocycles. The van der Waals surface area contributed by atoms with Crippen LogP contribution in [0, 0.1) is 0 Å². The second-order valence-corrected chi connectivity index (χ2v) is 7.32. The van der Waals surface area contributed by atoms with Gasteiger partial charge in [-0.25, -0.2) is 13.2 Å². The summed E-state index contributed by atoms with van der Waals surface area (Å²) in [5, 5.41) is 0. The van der Waals surface area contributed by atoms with Crippen LogP contribution in [-0.2, 0) is 14.8 Å². The minimum atomic E-state index is -3.73. The molecule has 0 fully saturated rings. The van der Waals surface area contributed by atoms with Gasteiger partial charge in [0.2, 0.25) is 10.0 Å². The second kappa shape index (κ2) is 6.03. The first kappa shape index (κ1) is 17.5. The van der Waals surface area contributed by atoms with E-state index in [1.54, 1.807) is 0 Å². The highest BCUT2D eigenvalue weighted by molar-refractivity contribution is 7.89. The van der Waals surface area contributed by atoms with Crippen molar-refractivity contribution < 1.29 is 17.9 Å². The topological polar surface area (TPSA) is 89.7 Å². The second-order valence-electron chi connectivity index (χ2n) is 5.38. The van der Waals surface area contributed by atoms with Crippen LogP contribution in [0.2, 0.25) is 0 Å². The fourth-order valence-corrected chi connectivity index (χ4v) is 3.40. The maximum absolute atomic E-state index is 12.6. The van der Waals surface area contributed by atoms with Crippen LogP contribution in [-0.4, -0.2) is 38.4 Å². The van der Waals surface area contributed by atoms with Gasteiger partial charge in [-0.3, -0.25) is 0 Å². The maximum atomic E-state index is 12.6. The average molecular weight is 314 g/mol. The van der Waals surface area contributed by atoms with Crippen molar-refractivity contribution in [3.05, 3.63) is 23.8 Å². The van der Waals surface area contributed by atoms with Crippen molar-refractivity contribution in [2.24, 2.45) is 0 Å². The lowest BCUT2D eigenvalue weighted by Crippen LogP contribution is -2.44. The van der Waals surface area contributed by atoms with Crippen LogP contribution in [0.25, 0.3) is 0 Å². The summed E-state index contributed by atoms with van der Waals surface area (Å²) in [4.78, 5) is 11.4. The smallest absolute Gasteiger partial charge is 0.337 e. The number of benzene rings is 1. The number of methoxy groups -OCH3 is 1. The maximum Gasteiger partial charge on any atom is 0.337 e. The SMILES string of the molecule is CCC(C)(C)N(C)S(=O)(=O)c1ccc(C(=O)OC)cc1N. The molecule has 1 rings (SSSR count). The summed E-state index contributed by atoms with van der Waals surface area (Å²) >= 11 is 0. The van der Waals surface area contributed by atoms with E-state index in [4.69, 9.17) is 5.73 Å². The first-order valence-electron chi connectivity index (χ1n) is 6.54. The molecule has 0 radical (unpaired) electrons. The third-order valence-electron chi connectivity index (χ3n) is 3.79. The molecular formula is C14H22N2O4S. The Balaban J connectivity index is 3.31. The predicted octanol–water partition coefficient (Wildman–Crippen LogP) is 1.86. The van der Waals surface area contributed by atoms with Crippen molar-refractivity contribution in [1.82, 2.24) is 4.31 Å². The van der Waals surface area contributed by atoms with E-state index in [1.807, 2.05) is 20.8 Å². The first-order chi connectivity index (χ1) is 9.57. The Morgan fingerprint density at radius 2 is 1.95 bits per heavy atom. The van der Waals surface area contributed by atoms with Gasteiger partial charge in [0.1, 0.15) is 4.90 Å². The number of ether oxygens (including phenoxy) is 1. The third-order valence-corrected chi connectivity index (χ3v) is 5.93. The van der Waals surface area contributed by atoms with Gasteiger partial charge in [0.25, 0.3) is 0 Å². The lowest BCUT2D eigenvalue weighted by molar-refractivity contribution is 0.0600. The molecule has 7 heteroatoms. The van der Waals surface area contributed by atoms with E-state index in [0.29, 0.717) is 6.42 Å². The van der Waals surface area contributed by atoms with E-state index < -0.39 is 21.5 Å². The van der Waals surface area contributed by atoms with E-state index in [1.165, 1.54) is 36.7 Å². The summed E-state index contributed by atoms with van der Waals surface area (Å²) in [6, 6.07) is 4.03. The number of nitrogen functional groups attached to an aromatic ring is 1. The van der Waals surface area contributed by atoms with Crippen molar-refractivity contribution in [3.63, 3.8) is 0 Å². The van der Waals surface area contributed by atoms with Gasteiger partial charge < -0.3 is 10.5 Å². The fourth-order valence-electron chi connectivity index (χ4n) is 1.72. The molecule has 0 atom stereocenters. The van der Waals surface area contributed by atoms with Gasteiger partial charge >= 0.3 is 5.97 Å². The molecule has 6 nitrogen and oxygen atoms in total. The Kier molecular flexibility index (Phi) is 5.01. The molecule has 0 spiro atoms. The van der Waals surface area contributed by atoms with E-state index in [0.717, 1.165) is 0 Å². The number of hydrogen-bond acceptors (Lipinski definition) is 5. The van der Waals surface area contributed by atoms with E-state index in [2.05, 4.69) is 4.74 Å². The molecule has 0 aliphatic carbocycles. The van der Waals surface area contributed by atoms with Crippen molar-refractivity contribution in [3.8, 4) is 0 Å². The van der Waals surface area contributed by atoms with Crippen molar-refractivity contribution in [1.29, 1.82) is 0 Å². The van der Waals surface area contributed by atoms with Crippen molar-refractivity contribution in [2.45, 2.75) is 37.6 Å². The standard InChI is InChI=1S/C14H22N2O4S/c1-6-14(2,3)16(4)21(18,19)12-8-7-10(9-11(12)15)13(17)20-5/h7-9H,6,15H2,1-5H3. The molecule has 0 aromatic heterocycles. The van der Waals surface area contributed by atoms with Crippen molar-refractivity contribution in [2.75, 3.05) is 19.9 Å². The molecule has 21 heavy (non-hydrogen) atoms. The van der Waals surface area contributed by atoms with Gasteiger partial charge in [-0.1, -0.05) is 6.92 Å². The molecule has 0 heterocycles. The van der Waals surface area contributed by atoms with Crippen LogP contribution in [0.4, 0.5) is 5.69 Å². The molecule has 0 saturated heterocycles. The van der Waals surface area contributed by atoms with Gasteiger partial charge in [0.15, 0.2) is 0 Å². The Bertz CT molecular complexity index is 638. The minimum Gasteiger partial charge on any atom is -0.465 e. The van der Waals surface area contributed by atoms with Crippen LogP contribution in [0.5, 0.6) is 0 Å². The van der Waals surface area contributed by atoms with E-state index in [-0.39, 0.29) is 16.1 Å². The monoisotopic (exact) mass is 314 g/mol. The van der Waals surface area contributed by atoms with Crippen LogP contribution in [0.3, 0.4) is 0 Å². The summed E-state index contributed by atoms with van der Waals surface area (Å²) in [6.45, 7) is 5.59. The Hall–Kier alpha value is -1.60. The number of esters is 1. The molecule has 0 saturated carbocycles. The zero-order valence-corrected chi connectivity index (χ0v) is 13.8. The zero-order valence-electron chi connectivity index (χ0n) is 13.0. The predicted molar refractivity (Wildman–Crippen MR) is 81.5 cm³/mol. The van der Waals surface area contributed by atoms with Crippen LogP contribution in [0.1, 0.15) is 37.6 Å². The number of rotatable bonds is 5. The van der Waals surface area contributed by atoms with Crippen molar-refractivity contribution >= 4 is 21.7 Å². The van der Waals surface area contributed by atoms with Gasteiger partial charge in [-0.2, -0.15) is 4.31 Å². The molecule has 118 valence electrons. The van der Waals surface area contributed by atoms with E-state index >= 15 is 0 Å². The molecule has 0 aliphatic rings. The summed E-state index contributed by atoms with van der Waals surface area (Å²) in [5.74, 6) is -0.562. The molecule has 0 bridgehead atoms. The number of sulfonamides is 1.